The molecule has 8 heteroatoms. The zero-order chi connectivity index (χ0) is 15.6. The van der Waals surface area contributed by atoms with Crippen LogP contribution >= 0.6 is 0 Å². The van der Waals surface area contributed by atoms with Crippen molar-refractivity contribution in [1.29, 1.82) is 0 Å². The average Bonchev–Trinajstić information content (AvgIpc) is 2.84. The van der Waals surface area contributed by atoms with E-state index < -0.39 is 22.1 Å². The van der Waals surface area contributed by atoms with Gasteiger partial charge < -0.3 is 10.0 Å². The summed E-state index contributed by atoms with van der Waals surface area (Å²) in [6.07, 6.45) is 3.26. The van der Waals surface area contributed by atoms with E-state index in [-0.39, 0.29) is 12.6 Å². The molecule has 2 aliphatic heterocycles. The summed E-state index contributed by atoms with van der Waals surface area (Å²) >= 11 is 0. The van der Waals surface area contributed by atoms with Crippen molar-refractivity contribution in [2.75, 3.05) is 40.3 Å². The van der Waals surface area contributed by atoms with Crippen LogP contribution in [0.25, 0.3) is 0 Å². The van der Waals surface area contributed by atoms with Crippen molar-refractivity contribution in [3.05, 3.63) is 0 Å². The Bertz CT molecular complexity index is 482. The maximum atomic E-state index is 12.6. The van der Waals surface area contributed by atoms with Gasteiger partial charge in [0.2, 0.25) is 0 Å². The number of piperidine rings is 1. The van der Waals surface area contributed by atoms with Crippen LogP contribution < -0.4 is 0 Å². The van der Waals surface area contributed by atoms with Crippen molar-refractivity contribution in [1.82, 2.24) is 13.5 Å². The maximum Gasteiger partial charge on any atom is 0.307 e. The molecule has 0 aromatic heterocycles. The molecular weight excluding hydrogens is 294 g/mol. The van der Waals surface area contributed by atoms with Crippen LogP contribution in [0.2, 0.25) is 0 Å². The van der Waals surface area contributed by atoms with Crippen LogP contribution in [0.15, 0.2) is 0 Å². The topological polar surface area (TPSA) is 81.2 Å². The second kappa shape index (κ2) is 6.60. The average molecular weight is 319 g/mol. The second-order valence-electron chi connectivity index (χ2n) is 6.10. The Balaban J connectivity index is 2.01. The van der Waals surface area contributed by atoms with E-state index in [4.69, 9.17) is 5.11 Å². The molecule has 2 unspecified atom stereocenters. The first kappa shape index (κ1) is 16.7. The molecule has 0 aromatic carbocycles. The number of hydrogen-bond acceptors (Lipinski definition) is 4. The maximum absolute atomic E-state index is 12.6. The molecule has 2 heterocycles. The lowest BCUT2D eigenvalue weighted by Gasteiger charge is -2.34. The molecule has 2 aliphatic rings. The van der Waals surface area contributed by atoms with Gasteiger partial charge in [0.15, 0.2) is 0 Å². The standard InChI is InChI=1S/C13H25N3O4S/c1-14-7-4-6-12(14)10-15(2)21(19,20)16-8-3-5-11(9-16)13(17)18/h11-12H,3-10H2,1-2H3,(H,17,18). The normalized spacial score (nSPS) is 29.1. The van der Waals surface area contributed by atoms with Crippen LogP contribution in [0, 0.1) is 5.92 Å². The summed E-state index contributed by atoms with van der Waals surface area (Å²) in [4.78, 5) is 13.3. The zero-order valence-electron chi connectivity index (χ0n) is 12.7. The predicted octanol–water partition coefficient (Wildman–Crippen LogP) is 0.0538. The summed E-state index contributed by atoms with van der Waals surface area (Å²) < 4.78 is 27.9. The van der Waals surface area contributed by atoms with E-state index in [9.17, 15) is 13.2 Å². The van der Waals surface area contributed by atoms with Gasteiger partial charge in [-0.2, -0.15) is 17.0 Å². The Hall–Kier alpha value is -0.700. The van der Waals surface area contributed by atoms with Crippen LogP contribution in [0.3, 0.4) is 0 Å². The summed E-state index contributed by atoms with van der Waals surface area (Å²) in [5, 5.41) is 9.08. The number of rotatable bonds is 5. The van der Waals surface area contributed by atoms with Gasteiger partial charge in [-0.05, 0) is 39.3 Å². The van der Waals surface area contributed by atoms with E-state index in [1.54, 1.807) is 7.05 Å². The number of carboxylic acids is 1. The molecule has 1 N–H and O–H groups in total. The summed E-state index contributed by atoms with van der Waals surface area (Å²) in [7, 11) is 0.0398. The van der Waals surface area contributed by atoms with Gasteiger partial charge in [0.25, 0.3) is 10.2 Å². The molecule has 0 radical (unpaired) electrons. The third-order valence-electron chi connectivity index (χ3n) is 4.59. The van der Waals surface area contributed by atoms with Crippen molar-refractivity contribution >= 4 is 16.2 Å². The van der Waals surface area contributed by atoms with Crippen LogP contribution in [-0.4, -0.2) is 79.3 Å². The second-order valence-corrected chi connectivity index (χ2v) is 8.14. The van der Waals surface area contributed by atoms with E-state index in [1.807, 2.05) is 7.05 Å². The minimum Gasteiger partial charge on any atom is -0.481 e. The van der Waals surface area contributed by atoms with Gasteiger partial charge in [-0.15, -0.1) is 0 Å². The van der Waals surface area contributed by atoms with E-state index in [0.29, 0.717) is 25.9 Å². The third-order valence-corrected chi connectivity index (χ3v) is 6.51. The van der Waals surface area contributed by atoms with Crippen molar-refractivity contribution in [2.24, 2.45) is 5.92 Å². The molecule has 7 nitrogen and oxygen atoms in total. The minimum absolute atomic E-state index is 0.0858. The molecule has 2 saturated heterocycles. The van der Waals surface area contributed by atoms with Crippen LogP contribution in [-0.2, 0) is 15.0 Å². The summed E-state index contributed by atoms with van der Waals surface area (Å²) in [5.41, 5.74) is 0. The van der Waals surface area contributed by atoms with Crippen LogP contribution in [0.1, 0.15) is 25.7 Å². The predicted molar refractivity (Wildman–Crippen MR) is 79.1 cm³/mol. The lowest BCUT2D eigenvalue weighted by Crippen LogP contribution is -2.50. The first-order valence-electron chi connectivity index (χ1n) is 7.47. The summed E-state index contributed by atoms with van der Waals surface area (Å²) in [6.45, 7) is 1.97. The third kappa shape index (κ3) is 3.74. The van der Waals surface area contributed by atoms with Gasteiger partial charge in [-0.3, -0.25) is 4.79 Å². The largest absolute Gasteiger partial charge is 0.481 e. The first-order valence-corrected chi connectivity index (χ1v) is 8.86. The monoisotopic (exact) mass is 319 g/mol. The van der Waals surface area contributed by atoms with E-state index in [1.165, 1.54) is 8.61 Å². The molecule has 0 amide bonds. The van der Waals surface area contributed by atoms with E-state index in [0.717, 1.165) is 19.4 Å². The molecule has 122 valence electrons. The Kier molecular flexibility index (Phi) is 5.24. The fourth-order valence-electron chi connectivity index (χ4n) is 3.15. The number of hydrogen-bond donors (Lipinski definition) is 1. The molecule has 0 aromatic rings. The molecule has 2 rings (SSSR count). The van der Waals surface area contributed by atoms with Gasteiger partial charge in [0, 0.05) is 32.7 Å². The number of likely N-dealkylation sites (tertiary alicyclic amines) is 1. The van der Waals surface area contributed by atoms with E-state index in [2.05, 4.69) is 4.90 Å². The number of carbonyl (C=O) groups is 1. The fourth-order valence-corrected chi connectivity index (χ4v) is 4.63. The molecule has 2 fully saturated rings. The molecule has 21 heavy (non-hydrogen) atoms. The van der Waals surface area contributed by atoms with Gasteiger partial charge in [-0.1, -0.05) is 0 Å². The highest BCUT2D eigenvalue weighted by Gasteiger charge is 2.36. The van der Waals surface area contributed by atoms with Gasteiger partial charge in [0.05, 0.1) is 5.92 Å². The molecule has 2 atom stereocenters. The minimum atomic E-state index is -3.56. The lowest BCUT2D eigenvalue weighted by molar-refractivity contribution is -0.142. The number of nitrogens with zero attached hydrogens (tertiary/aromatic N) is 3. The van der Waals surface area contributed by atoms with Gasteiger partial charge >= 0.3 is 5.97 Å². The quantitative estimate of drug-likeness (QED) is 0.774. The van der Waals surface area contributed by atoms with Crippen molar-refractivity contribution in [3.63, 3.8) is 0 Å². The van der Waals surface area contributed by atoms with Crippen molar-refractivity contribution < 1.29 is 18.3 Å². The van der Waals surface area contributed by atoms with Crippen LogP contribution in [0.4, 0.5) is 0 Å². The first-order chi connectivity index (χ1) is 9.82. The summed E-state index contributed by atoms with van der Waals surface area (Å²) in [5.74, 6) is -1.50. The zero-order valence-corrected chi connectivity index (χ0v) is 13.5. The summed E-state index contributed by atoms with van der Waals surface area (Å²) in [6, 6.07) is 0.254. The van der Waals surface area contributed by atoms with E-state index >= 15 is 0 Å². The highest BCUT2D eigenvalue weighted by Crippen LogP contribution is 2.22. The Labute approximate surface area is 126 Å². The van der Waals surface area contributed by atoms with Crippen molar-refractivity contribution in [2.45, 2.75) is 31.7 Å². The molecular formula is C13H25N3O4S. The lowest BCUT2D eigenvalue weighted by atomic mass is 10.0. The Morgan fingerprint density at radius 2 is 1.95 bits per heavy atom. The van der Waals surface area contributed by atoms with Gasteiger partial charge in [0.1, 0.15) is 0 Å². The molecule has 0 spiro atoms. The number of carboxylic acid groups (broad SMARTS) is 1. The molecule has 0 bridgehead atoms. The number of likely N-dealkylation sites (N-methyl/N-ethyl adjacent to an activating group) is 2. The molecule has 0 saturated carbocycles. The number of aliphatic carboxylic acids is 1. The van der Waals surface area contributed by atoms with Gasteiger partial charge in [-0.25, -0.2) is 0 Å². The molecule has 0 aliphatic carbocycles. The Morgan fingerprint density at radius 3 is 2.52 bits per heavy atom. The Morgan fingerprint density at radius 1 is 1.29 bits per heavy atom. The van der Waals surface area contributed by atoms with Crippen molar-refractivity contribution in [3.8, 4) is 0 Å². The SMILES string of the molecule is CN1CCCC1CN(C)S(=O)(=O)N1CCCC(C(=O)O)C1. The highest BCUT2D eigenvalue weighted by molar-refractivity contribution is 7.86. The van der Waals surface area contributed by atoms with Crippen LogP contribution in [0.5, 0.6) is 0 Å². The smallest absolute Gasteiger partial charge is 0.307 e. The highest BCUT2D eigenvalue weighted by atomic mass is 32.2. The fraction of sp³-hybridized carbons (Fsp3) is 0.923.